The highest BCUT2D eigenvalue weighted by atomic mass is 32.2. The summed E-state index contributed by atoms with van der Waals surface area (Å²) in [5, 5.41) is 17.8. The molecule has 100 valence electrons. The van der Waals surface area contributed by atoms with Gasteiger partial charge in [-0.15, -0.1) is 0 Å². The van der Waals surface area contributed by atoms with Crippen LogP contribution in [-0.4, -0.2) is 40.8 Å². The molecule has 0 amide bonds. The van der Waals surface area contributed by atoms with Gasteiger partial charge in [-0.1, -0.05) is 6.07 Å². The number of hydrogen-bond acceptors (Lipinski definition) is 4. The molecule has 2 N–H and O–H groups in total. The minimum atomic E-state index is -4.58. The summed E-state index contributed by atoms with van der Waals surface area (Å²) >= 11 is -2.36. The van der Waals surface area contributed by atoms with Gasteiger partial charge in [0.15, 0.2) is 10.6 Å². The Bertz CT molecular complexity index is 413. The maximum Gasteiger partial charge on any atom is 0.488 e. The van der Waals surface area contributed by atoms with Gasteiger partial charge in [-0.25, -0.2) is 0 Å². The van der Waals surface area contributed by atoms with Crippen LogP contribution in [0.25, 0.3) is 0 Å². The van der Waals surface area contributed by atoms with Crippen LogP contribution in [0.15, 0.2) is 23.1 Å². The van der Waals surface area contributed by atoms with Crippen molar-refractivity contribution in [2.24, 2.45) is 0 Å². The monoisotopic (exact) mass is 282 g/mol. The third-order valence-corrected chi connectivity index (χ3v) is 3.42. The molecule has 0 heterocycles. The lowest BCUT2D eigenvalue weighted by Gasteiger charge is -2.15. The van der Waals surface area contributed by atoms with E-state index in [-0.39, 0.29) is 16.1 Å². The van der Waals surface area contributed by atoms with Gasteiger partial charge >= 0.3 is 13.3 Å². The second kappa shape index (κ2) is 5.83. The second-order valence-corrected chi connectivity index (χ2v) is 4.81. The molecule has 0 aliphatic carbocycles. The smallest absolute Gasteiger partial charge is 0.488 e. The first-order valence-electron chi connectivity index (χ1n) is 4.74. The Morgan fingerprint density at radius 2 is 2.00 bits per heavy atom. The SMILES string of the molecule is COc1ccc(B(O)O)cc1[S+]([O-])CC(F)(F)F. The summed E-state index contributed by atoms with van der Waals surface area (Å²) in [6.07, 6.45) is -4.58. The van der Waals surface area contributed by atoms with Gasteiger partial charge < -0.3 is 19.3 Å². The van der Waals surface area contributed by atoms with Crippen molar-refractivity contribution in [3.8, 4) is 5.75 Å². The molecule has 1 unspecified atom stereocenters. The van der Waals surface area contributed by atoms with E-state index in [9.17, 15) is 17.7 Å². The first kappa shape index (κ1) is 15.2. The lowest BCUT2D eigenvalue weighted by atomic mass is 9.80. The van der Waals surface area contributed by atoms with E-state index in [0.29, 0.717) is 0 Å². The Morgan fingerprint density at radius 1 is 1.39 bits per heavy atom. The van der Waals surface area contributed by atoms with Crippen LogP contribution in [0.5, 0.6) is 5.75 Å². The standard InChI is InChI=1S/C9H10BF3O4S/c1-17-7-3-2-6(10(14)15)4-8(7)18(16)5-9(11,12)13/h2-4,14-15H,5H2,1H3. The number of halogens is 3. The van der Waals surface area contributed by atoms with Crippen LogP contribution in [0.1, 0.15) is 0 Å². The summed E-state index contributed by atoms with van der Waals surface area (Å²) < 4.78 is 52.8. The molecular formula is C9H10BF3O4S. The zero-order valence-corrected chi connectivity index (χ0v) is 10.1. The van der Waals surface area contributed by atoms with Crippen molar-refractivity contribution in [2.75, 3.05) is 12.9 Å². The predicted molar refractivity (Wildman–Crippen MR) is 60.2 cm³/mol. The van der Waals surface area contributed by atoms with E-state index >= 15 is 0 Å². The van der Waals surface area contributed by atoms with Gasteiger partial charge in [0.2, 0.25) is 5.75 Å². The van der Waals surface area contributed by atoms with Crippen LogP contribution in [0.2, 0.25) is 0 Å². The molecule has 0 saturated heterocycles. The average Bonchev–Trinajstić information content (AvgIpc) is 2.25. The molecule has 0 aliphatic heterocycles. The first-order chi connectivity index (χ1) is 8.24. The molecule has 9 heteroatoms. The molecule has 0 aliphatic rings. The summed E-state index contributed by atoms with van der Waals surface area (Å²) in [6.45, 7) is 0. The molecular weight excluding hydrogens is 272 g/mol. The molecule has 18 heavy (non-hydrogen) atoms. The van der Waals surface area contributed by atoms with Gasteiger partial charge in [0.05, 0.1) is 7.11 Å². The molecule has 1 rings (SSSR count). The van der Waals surface area contributed by atoms with Crippen LogP contribution < -0.4 is 10.2 Å². The van der Waals surface area contributed by atoms with Crippen LogP contribution in [0.4, 0.5) is 13.2 Å². The molecule has 0 radical (unpaired) electrons. The van der Waals surface area contributed by atoms with Gasteiger partial charge in [0.25, 0.3) is 0 Å². The molecule has 0 spiro atoms. The summed E-state index contributed by atoms with van der Waals surface area (Å²) in [7, 11) is -0.629. The fourth-order valence-electron chi connectivity index (χ4n) is 1.26. The Kier molecular flexibility index (Phi) is 4.91. The molecule has 1 atom stereocenters. The zero-order valence-electron chi connectivity index (χ0n) is 9.27. The maximum absolute atomic E-state index is 12.2. The van der Waals surface area contributed by atoms with Crippen molar-refractivity contribution in [3.63, 3.8) is 0 Å². The van der Waals surface area contributed by atoms with Crippen molar-refractivity contribution >= 4 is 23.8 Å². The quantitative estimate of drug-likeness (QED) is 0.604. The highest BCUT2D eigenvalue weighted by Crippen LogP contribution is 2.28. The van der Waals surface area contributed by atoms with E-state index in [2.05, 4.69) is 0 Å². The fourth-order valence-corrected chi connectivity index (χ4v) is 2.35. The Morgan fingerprint density at radius 3 is 2.44 bits per heavy atom. The van der Waals surface area contributed by atoms with E-state index < -0.39 is 30.2 Å². The van der Waals surface area contributed by atoms with Crippen LogP contribution >= 0.6 is 0 Å². The number of ether oxygens (including phenoxy) is 1. The van der Waals surface area contributed by atoms with Crippen LogP contribution in [-0.2, 0) is 11.2 Å². The fraction of sp³-hybridized carbons (Fsp3) is 0.333. The van der Waals surface area contributed by atoms with Gasteiger partial charge in [-0.3, -0.25) is 0 Å². The summed E-state index contributed by atoms with van der Waals surface area (Å²) in [4.78, 5) is -0.222. The molecule has 0 fully saturated rings. The molecule has 0 saturated carbocycles. The average molecular weight is 282 g/mol. The normalized spacial score (nSPS) is 13.3. The molecule has 1 aromatic carbocycles. The number of hydrogen-bond donors (Lipinski definition) is 2. The van der Waals surface area contributed by atoms with Crippen molar-refractivity contribution in [3.05, 3.63) is 18.2 Å². The number of benzene rings is 1. The highest BCUT2D eigenvalue weighted by Gasteiger charge is 2.37. The summed E-state index contributed by atoms with van der Waals surface area (Å²) in [6, 6.07) is 3.52. The Hall–Kier alpha value is -0.895. The lowest BCUT2D eigenvalue weighted by Crippen LogP contribution is -2.31. The Balaban J connectivity index is 3.07. The molecule has 1 aromatic rings. The Labute approximate surface area is 105 Å². The van der Waals surface area contributed by atoms with Gasteiger partial charge in [-0.05, 0) is 28.8 Å². The van der Waals surface area contributed by atoms with Crippen LogP contribution in [0, 0.1) is 0 Å². The van der Waals surface area contributed by atoms with E-state index in [1.807, 2.05) is 0 Å². The summed E-state index contributed by atoms with van der Waals surface area (Å²) in [5.41, 5.74) is -0.0543. The summed E-state index contributed by atoms with van der Waals surface area (Å²) in [5.74, 6) is -1.52. The first-order valence-corrected chi connectivity index (χ1v) is 6.05. The number of alkyl halides is 3. The van der Waals surface area contributed by atoms with Crippen molar-refractivity contribution in [1.29, 1.82) is 0 Å². The second-order valence-electron chi connectivity index (χ2n) is 3.39. The maximum atomic E-state index is 12.2. The van der Waals surface area contributed by atoms with Crippen molar-refractivity contribution < 1.29 is 32.5 Å². The topological polar surface area (TPSA) is 72.8 Å². The van der Waals surface area contributed by atoms with E-state index in [0.717, 1.165) is 6.07 Å². The number of rotatable bonds is 4. The zero-order chi connectivity index (χ0) is 13.9. The van der Waals surface area contributed by atoms with Gasteiger partial charge in [0.1, 0.15) is 0 Å². The third-order valence-electron chi connectivity index (χ3n) is 2.03. The largest absolute Gasteiger partial charge is 0.611 e. The van der Waals surface area contributed by atoms with Gasteiger partial charge in [0, 0.05) is 0 Å². The number of methoxy groups -OCH3 is 1. The van der Waals surface area contributed by atoms with E-state index in [1.54, 1.807) is 0 Å². The third kappa shape index (κ3) is 4.09. The molecule has 4 nitrogen and oxygen atoms in total. The van der Waals surface area contributed by atoms with Crippen molar-refractivity contribution in [2.45, 2.75) is 11.1 Å². The van der Waals surface area contributed by atoms with E-state index in [1.165, 1.54) is 19.2 Å². The minimum absolute atomic E-state index is 0.00184. The van der Waals surface area contributed by atoms with Gasteiger partial charge in [-0.2, -0.15) is 13.2 Å². The van der Waals surface area contributed by atoms with Crippen LogP contribution in [0.3, 0.4) is 0 Å². The minimum Gasteiger partial charge on any atom is -0.611 e. The predicted octanol–water partition coefficient (Wildman–Crippen LogP) is 0.0449. The molecule has 0 bridgehead atoms. The van der Waals surface area contributed by atoms with Crippen molar-refractivity contribution in [1.82, 2.24) is 0 Å². The highest BCUT2D eigenvalue weighted by molar-refractivity contribution is 7.91. The lowest BCUT2D eigenvalue weighted by molar-refractivity contribution is -0.106. The molecule has 0 aromatic heterocycles. The van der Waals surface area contributed by atoms with E-state index in [4.69, 9.17) is 14.8 Å².